The maximum Gasteiger partial charge on any atom is 0.338 e. The van der Waals surface area contributed by atoms with Crippen molar-refractivity contribution in [1.29, 1.82) is 0 Å². The fraction of sp³-hybridized carbons (Fsp3) is 0.281. The molecule has 4 aromatic rings. The molecule has 4 aromatic carbocycles. The molecule has 4 nitrogen and oxygen atoms in total. The molecular formula is C32H33NO3. The largest absolute Gasteiger partial charge is 0.489 e. The maximum absolute atomic E-state index is 12.5. The number of methoxy groups -OCH3 is 1. The lowest BCUT2D eigenvalue weighted by atomic mass is 9.82. The van der Waals surface area contributed by atoms with Crippen LogP contribution in [0.25, 0.3) is 10.8 Å². The summed E-state index contributed by atoms with van der Waals surface area (Å²) in [7, 11) is 1.44. The van der Waals surface area contributed by atoms with E-state index in [1.54, 1.807) is 0 Å². The summed E-state index contributed by atoms with van der Waals surface area (Å²) in [5.41, 5.74) is 6.27. The molecule has 0 bridgehead atoms. The standard InChI is InChI=1S/C32H33NO3/c1-20-16-24(17-29(21(20)2)32(34)35-4)30-18-25(36-31-15-8-7-13-28(30)31)19-33-22(3)26-14-9-11-23-10-5-6-12-27(23)26/h5-17,22,25,30,33H,18-19H2,1-4H3. The van der Waals surface area contributed by atoms with Gasteiger partial charge in [-0.3, -0.25) is 0 Å². The third-order valence-corrected chi connectivity index (χ3v) is 7.53. The van der Waals surface area contributed by atoms with Gasteiger partial charge in [0.15, 0.2) is 0 Å². The number of benzene rings is 4. The Morgan fingerprint density at radius 3 is 2.61 bits per heavy atom. The molecule has 0 aliphatic carbocycles. The number of para-hydroxylation sites is 1. The van der Waals surface area contributed by atoms with Gasteiger partial charge in [0.05, 0.1) is 12.7 Å². The Labute approximate surface area is 213 Å². The molecule has 1 heterocycles. The Balaban J connectivity index is 1.41. The molecule has 0 spiro atoms. The molecule has 0 radical (unpaired) electrons. The predicted octanol–water partition coefficient (Wildman–Crippen LogP) is 6.88. The zero-order valence-electron chi connectivity index (χ0n) is 21.4. The summed E-state index contributed by atoms with van der Waals surface area (Å²) < 4.78 is 11.5. The number of ether oxygens (including phenoxy) is 2. The molecule has 184 valence electrons. The number of rotatable bonds is 6. The lowest BCUT2D eigenvalue weighted by Gasteiger charge is -2.34. The van der Waals surface area contributed by atoms with Crippen LogP contribution in [-0.2, 0) is 4.74 Å². The van der Waals surface area contributed by atoms with Gasteiger partial charge in [-0.25, -0.2) is 4.79 Å². The van der Waals surface area contributed by atoms with E-state index in [9.17, 15) is 4.79 Å². The van der Waals surface area contributed by atoms with E-state index in [0.29, 0.717) is 5.56 Å². The smallest absolute Gasteiger partial charge is 0.338 e. The molecule has 3 atom stereocenters. The Bertz CT molecular complexity index is 1400. The minimum absolute atomic E-state index is 0.00510. The van der Waals surface area contributed by atoms with Crippen LogP contribution in [0.2, 0.25) is 0 Å². The first-order valence-corrected chi connectivity index (χ1v) is 12.6. The number of carbonyl (C=O) groups excluding carboxylic acids is 1. The highest BCUT2D eigenvalue weighted by molar-refractivity contribution is 5.91. The minimum atomic E-state index is -0.292. The molecule has 0 aromatic heterocycles. The average Bonchev–Trinajstić information content (AvgIpc) is 2.91. The molecule has 1 N–H and O–H groups in total. The normalized spacial score (nSPS) is 17.8. The minimum Gasteiger partial charge on any atom is -0.489 e. The first-order valence-electron chi connectivity index (χ1n) is 12.6. The molecular weight excluding hydrogens is 446 g/mol. The van der Waals surface area contributed by atoms with Crippen molar-refractivity contribution in [2.75, 3.05) is 13.7 Å². The van der Waals surface area contributed by atoms with Gasteiger partial charge in [-0.15, -0.1) is 0 Å². The number of nitrogens with one attached hydrogen (secondary N) is 1. The number of carbonyl (C=O) groups is 1. The van der Waals surface area contributed by atoms with Crippen molar-refractivity contribution < 1.29 is 14.3 Å². The summed E-state index contributed by atoms with van der Waals surface area (Å²) in [6, 6.07) is 27.6. The van der Waals surface area contributed by atoms with E-state index in [-0.39, 0.29) is 24.0 Å². The van der Waals surface area contributed by atoms with Crippen molar-refractivity contribution in [3.05, 3.63) is 112 Å². The van der Waals surface area contributed by atoms with Crippen molar-refractivity contribution in [2.24, 2.45) is 0 Å². The van der Waals surface area contributed by atoms with Gasteiger partial charge in [-0.2, -0.15) is 0 Å². The average molecular weight is 480 g/mol. The Morgan fingerprint density at radius 2 is 1.78 bits per heavy atom. The summed E-state index contributed by atoms with van der Waals surface area (Å²) in [5.74, 6) is 0.758. The maximum atomic E-state index is 12.5. The van der Waals surface area contributed by atoms with Crippen LogP contribution in [0, 0.1) is 13.8 Å². The van der Waals surface area contributed by atoms with Crippen LogP contribution in [0.5, 0.6) is 5.75 Å². The van der Waals surface area contributed by atoms with E-state index in [4.69, 9.17) is 9.47 Å². The third-order valence-electron chi connectivity index (χ3n) is 7.53. The molecule has 1 aliphatic heterocycles. The summed E-state index contributed by atoms with van der Waals surface area (Å²) in [5, 5.41) is 6.25. The van der Waals surface area contributed by atoms with Crippen LogP contribution in [0.3, 0.4) is 0 Å². The molecule has 5 rings (SSSR count). The van der Waals surface area contributed by atoms with Gasteiger partial charge in [-0.05, 0) is 72.4 Å². The molecule has 36 heavy (non-hydrogen) atoms. The molecule has 3 unspecified atom stereocenters. The van der Waals surface area contributed by atoms with E-state index in [1.807, 2.05) is 25.1 Å². The van der Waals surface area contributed by atoms with Crippen LogP contribution in [0.1, 0.15) is 63.5 Å². The zero-order chi connectivity index (χ0) is 25.2. The van der Waals surface area contributed by atoms with Crippen molar-refractivity contribution >= 4 is 16.7 Å². The molecule has 0 fully saturated rings. The van der Waals surface area contributed by atoms with Crippen LogP contribution in [-0.4, -0.2) is 25.7 Å². The van der Waals surface area contributed by atoms with E-state index in [1.165, 1.54) is 23.4 Å². The fourth-order valence-electron chi connectivity index (χ4n) is 5.39. The summed E-state index contributed by atoms with van der Waals surface area (Å²) >= 11 is 0. The van der Waals surface area contributed by atoms with Crippen LogP contribution < -0.4 is 10.1 Å². The summed E-state index contributed by atoms with van der Waals surface area (Å²) in [6.45, 7) is 6.97. The first kappa shape index (κ1) is 24.1. The molecule has 0 saturated heterocycles. The highest BCUT2D eigenvalue weighted by Gasteiger charge is 2.30. The SMILES string of the molecule is COC(=O)c1cc(C2CC(CNC(C)c3cccc4ccccc34)Oc3ccccc32)cc(C)c1C. The Hall–Kier alpha value is -3.63. The predicted molar refractivity (Wildman–Crippen MR) is 145 cm³/mol. The third kappa shape index (κ3) is 4.61. The van der Waals surface area contributed by atoms with E-state index < -0.39 is 0 Å². The van der Waals surface area contributed by atoms with Crippen molar-refractivity contribution in [3.63, 3.8) is 0 Å². The van der Waals surface area contributed by atoms with E-state index >= 15 is 0 Å². The van der Waals surface area contributed by atoms with E-state index in [0.717, 1.165) is 41.0 Å². The van der Waals surface area contributed by atoms with Gasteiger partial charge in [0.2, 0.25) is 0 Å². The number of hydrogen-bond donors (Lipinski definition) is 1. The second-order valence-corrected chi connectivity index (χ2v) is 9.77. The lowest BCUT2D eigenvalue weighted by molar-refractivity contribution is 0.0599. The second kappa shape index (κ2) is 10.2. The molecule has 0 saturated carbocycles. The first-order chi connectivity index (χ1) is 17.5. The van der Waals surface area contributed by atoms with Crippen molar-refractivity contribution in [3.8, 4) is 5.75 Å². The summed E-state index contributed by atoms with van der Waals surface area (Å²) in [6.07, 6.45) is 0.834. The highest BCUT2D eigenvalue weighted by atomic mass is 16.5. The quantitative estimate of drug-likeness (QED) is 0.306. The van der Waals surface area contributed by atoms with Crippen LogP contribution in [0.15, 0.2) is 78.9 Å². The number of fused-ring (bicyclic) bond motifs is 2. The second-order valence-electron chi connectivity index (χ2n) is 9.77. The van der Waals surface area contributed by atoms with Crippen LogP contribution >= 0.6 is 0 Å². The number of hydrogen-bond acceptors (Lipinski definition) is 4. The summed E-state index contributed by atoms with van der Waals surface area (Å²) in [4.78, 5) is 12.5. The van der Waals surface area contributed by atoms with Gasteiger partial charge < -0.3 is 14.8 Å². The van der Waals surface area contributed by atoms with Crippen molar-refractivity contribution in [1.82, 2.24) is 5.32 Å². The lowest BCUT2D eigenvalue weighted by Crippen LogP contribution is -2.37. The number of aryl methyl sites for hydroxylation is 1. The molecule has 4 heteroatoms. The Morgan fingerprint density at radius 1 is 1.03 bits per heavy atom. The number of esters is 1. The van der Waals surface area contributed by atoms with E-state index in [2.05, 4.69) is 79.8 Å². The Kier molecular flexibility index (Phi) is 6.80. The monoisotopic (exact) mass is 479 g/mol. The van der Waals surface area contributed by atoms with Gasteiger partial charge in [0.1, 0.15) is 11.9 Å². The van der Waals surface area contributed by atoms with Crippen LogP contribution in [0.4, 0.5) is 0 Å². The van der Waals surface area contributed by atoms with Gasteiger partial charge >= 0.3 is 5.97 Å². The highest BCUT2D eigenvalue weighted by Crippen LogP contribution is 2.41. The van der Waals surface area contributed by atoms with Gasteiger partial charge in [-0.1, -0.05) is 66.7 Å². The van der Waals surface area contributed by atoms with Gasteiger partial charge in [0.25, 0.3) is 0 Å². The molecule has 1 aliphatic rings. The topological polar surface area (TPSA) is 47.6 Å². The fourth-order valence-corrected chi connectivity index (χ4v) is 5.39. The molecule has 0 amide bonds. The van der Waals surface area contributed by atoms with Crippen molar-refractivity contribution in [2.45, 2.75) is 45.3 Å². The zero-order valence-corrected chi connectivity index (χ0v) is 21.4. The van der Waals surface area contributed by atoms with Gasteiger partial charge in [0, 0.05) is 24.1 Å².